The van der Waals surface area contributed by atoms with Crippen molar-refractivity contribution in [1.82, 2.24) is 5.32 Å². The summed E-state index contributed by atoms with van der Waals surface area (Å²) in [7, 11) is 0. The molecule has 2 atom stereocenters. The van der Waals surface area contributed by atoms with Gasteiger partial charge in [0.15, 0.2) is 0 Å². The Kier molecular flexibility index (Phi) is 4.91. The van der Waals surface area contributed by atoms with Gasteiger partial charge in [0.05, 0.1) is 12.1 Å². The summed E-state index contributed by atoms with van der Waals surface area (Å²) < 4.78 is 5.04. The maximum atomic E-state index is 11.2. The lowest BCUT2D eigenvalue weighted by molar-refractivity contribution is 0.0433. The van der Waals surface area contributed by atoms with Crippen molar-refractivity contribution in [2.24, 2.45) is 0 Å². The van der Waals surface area contributed by atoms with Crippen LogP contribution in [0.5, 0.6) is 0 Å². The summed E-state index contributed by atoms with van der Waals surface area (Å²) in [6, 6.07) is -0.283. The molecule has 0 aromatic carbocycles. The summed E-state index contributed by atoms with van der Waals surface area (Å²) in [5.41, 5.74) is -0.499. The Bertz CT molecular complexity index is 186. The monoisotopic (exact) mass is 203 g/mol. The predicted octanol–water partition coefficient (Wildman–Crippen LogP) is 1.67. The van der Waals surface area contributed by atoms with Crippen LogP contribution in [0.15, 0.2) is 0 Å². The summed E-state index contributed by atoms with van der Waals surface area (Å²) in [4.78, 5) is 11.2. The van der Waals surface area contributed by atoms with Crippen LogP contribution in [0.2, 0.25) is 0 Å². The van der Waals surface area contributed by atoms with Crippen molar-refractivity contribution in [2.75, 3.05) is 0 Å². The van der Waals surface area contributed by atoms with E-state index in [1.807, 2.05) is 6.92 Å². The van der Waals surface area contributed by atoms with Crippen LogP contribution in [0.3, 0.4) is 0 Å². The summed E-state index contributed by atoms with van der Waals surface area (Å²) in [6.45, 7) is 9.00. The lowest BCUT2D eigenvalue weighted by Crippen LogP contribution is -2.43. The average molecular weight is 203 g/mol. The molecular formula is C10H21NO3. The minimum absolute atomic E-state index is 0.283. The van der Waals surface area contributed by atoms with Crippen LogP contribution in [0, 0.1) is 0 Å². The van der Waals surface area contributed by atoms with Crippen LogP contribution < -0.4 is 5.32 Å². The van der Waals surface area contributed by atoms with E-state index in [2.05, 4.69) is 5.32 Å². The van der Waals surface area contributed by atoms with Gasteiger partial charge in [0.25, 0.3) is 0 Å². The van der Waals surface area contributed by atoms with Crippen molar-refractivity contribution in [2.45, 2.75) is 58.8 Å². The zero-order valence-electron chi connectivity index (χ0n) is 9.63. The van der Waals surface area contributed by atoms with E-state index in [0.717, 1.165) is 0 Å². The second kappa shape index (κ2) is 5.20. The molecule has 0 unspecified atom stereocenters. The molecule has 0 fully saturated rings. The highest BCUT2D eigenvalue weighted by atomic mass is 16.6. The number of rotatable bonds is 3. The lowest BCUT2D eigenvalue weighted by Gasteiger charge is -2.23. The standard InChI is InChI=1S/C10H21NO3/c1-6-8(12)7(2)11-9(13)14-10(3,4)5/h7-8,12H,6H2,1-5H3,(H,11,13)/t7-,8+/m1/s1. The Balaban J connectivity index is 3.95. The maximum Gasteiger partial charge on any atom is 0.407 e. The van der Waals surface area contributed by atoms with Crippen molar-refractivity contribution < 1.29 is 14.6 Å². The Labute approximate surface area is 85.6 Å². The van der Waals surface area contributed by atoms with Crippen LogP contribution in [0.4, 0.5) is 4.79 Å². The van der Waals surface area contributed by atoms with Gasteiger partial charge in [-0.1, -0.05) is 6.92 Å². The molecule has 0 aromatic rings. The third-order valence-electron chi connectivity index (χ3n) is 1.74. The third kappa shape index (κ3) is 5.80. The second-order valence-electron chi connectivity index (χ2n) is 4.41. The fourth-order valence-electron chi connectivity index (χ4n) is 0.943. The fraction of sp³-hybridized carbons (Fsp3) is 0.900. The predicted molar refractivity (Wildman–Crippen MR) is 55.1 cm³/mol. The van der Waals surface area contributed by atoms with Gasteiger partial charge in [-0.15, -0.1) is 0 Å². The Morgan fingerprint density at radius 1 is 1.50 bits per heavy atom. The number of ether oxygens (including phenoxy) is 1. The molecule has 14 heavy (non-hydrogen) atoms. The highest BCUT2D eigenvalue weighted by Gasteiger charge is 2.20. The molecule has 4 heteroatoms. The largest absolute Gasteiger partial charge is 0.444 e. The first kappa shape index (κ1) is 13.2. The molecule has 0 aliphatic rings. The van der Waals surface area contributed by atoms with Crippen molar-refractivity contribution >= 4 is 6.09 Å². The number of carbonyl (C=O) groups excluding carboxylic acids is 1. The summed E-state index contributed by atoms with van der Waals surface area (Å²) in [5, 5.41) is 12.0. The number of hydrogen-bond donors (Lipinski definition) is 2. The number of hydrogen-bond acceptors (Lipinski definition) is 3. The molecule has 84 valence electrons. The van der Waals surface area contributed by atoms with Crippen molar-refractivity contribution in [3.63, 3.8) is 0 Å². The highest BCUT2D eigenvalue weighted by Crippen LogP contribution is 2.07. The summed E-state index contributed by atoms with van der Waals surface area (Å²) in [5.74, 6) is 0. The SMILES string of the molecule is CC[C@H](O)[C@@H](C)NC(=O)OC(C)(C)C. The number of amides is 1. The molecule has 0 rings (SSSR count). The Morgan fingerprint density at radius 2 is 2.00 bits per heavy atom. The van der Waals surface area contributed by atoms with Crippen LogP contribution in [-0.2, 0) is 4.74 Å². The molecule has 0 bridgehead atoms. The number of alkyl carbamates (subject to hydrolysis) is 1. The van der Waals surface area contributed by atoms with Gasteiger partial charge in [0.1, 0.15) is 5.60 Å². The van der Waals surface area contributed by atoms with Gasteiger partial charge in [-0.2, -0.15) is 0 Å². The first-order valence-electron chi connectivity index (χ1n) is 4.94. The highest BCUT2D eigenvalue weighted by molar-refractivity contribution is 5.68. The van der Waals surface area contributed by atoms with E-state index < -0.39 is 17.8 Å². The maximum absolute atomic E-state index is 11.2. The molecular weight excluding hydrogens is 182 g/mol. The quantitative estimate of drug-likeness (QED) is 0.733. The van der Waals surface area contributed by atoms with E-state index in [1.54, 1.807) is 27.7 Å². The lowest BCUT2D eigenvalue weighted by atomic mass is 10.1. The number of nitrogens with one attached hydrogen (secondary N) is 1. The van der Waals surface area contributed by atoms with Gasteiger partial charge in [-0.3, -0.25) is 0 Å². The zero-order valence-corrected chi connectivity index (χ0v) is 9.63. The van der Waals surface area contributed by atoms with E-state index >= 15 is 0 Å². The Hall–Kier alpha value is -0.770. The molecule has 2 N–H and O–H groups in total. The normalized spacial score (nSPS) is 15.9. The van der Waals surface area contributed by atoms with E-state index in [4.69, 9.17) is 4.74 Å². The smallest absolute Gasteiger partial charge is 0.407 e. The Morgan fingerprint density at radius 3 is 2.36 bits per heavy atom. The first-order valence-corrected chi connectivity index (χ1v) is 4.94. The number of carbonyl (C=O) groups is 1. The molecule has 0 spiro atoms. The number of aliphatic hydroxyl groups is 1. The van der Waals surface area contributed by atoms with Crippen LogP contribution in [-0.4, -0.2) is 28.9 Å². The zero-order chi connectivity index (χ0) is 11.4. The van der Waals surface area contributed by atoms with Gasteiger partial charge < -0.3 is 15.2 Å². The molecule has 0 heterocycles. The molecule has 0 saturated carbocycles. The van der Waals surface area contributed by atoms with E-state index in [0.29, 0.717) is 6.42 Å². The van der Waals surface area contributed by atoms with E-state index in [9.17, 15) is 9.90 Å². The summed E-state index contributed by atoms with van der Waals surface area (Å²) in [6.07, 6.45) is -0.406. The summed E-state index contributed by atoms with van der Waals surface area (Å²) >= 11 is 0. The van der Waals surface area contributed by atoms with Gasteiger partial charge in [0, 0.05) is 0 Å². The van der Waals surface area contributed by atoms with Crippen LogP contribution >= 0.6 is 0 Å². The van der Waals surface area contributed by atoms with Crippen molar-refractivity contribution in [3.05, 3.63) is 0 Å². The third-order valence-corrected chi connectivity index (χ3v) is 1.74. The second-order valence-corrected chi connectivity index (χ2v) is 4.41. The van der Waals surface area contributed by atoms with E-state index in [1.165, 1.54) is 0 Å². The minimum Gasteiger partial charge on any atom is -0.444 e. The average Bonchev–Trinajstić information content (AvgIpc) is 1.99. The van der Waals surface area contributed by atoms with Gasteiger partial charge in [0.2, 0.25) is 0 Å². The van der Waals surface area contributed by atoms with E-state index in [-0.39, 0.29) is 6.04 Å². The molecule has 1 amide bonds. The molecule has 0 aliphatic heterocycles. The fourth-order valence-corrected chi connectivity index (χ4v) is 0.943. The van der Waals surface area contributed by atoms with Crippen LogP contribution in [0.25, 0.3) is 0 Å². The minimum atomic E-state index is -0.525. The molecule has 0 aliphatic carbocycles. The molecule has 0 aromatic heterocycles. The molecule has 4 nitrogen and oxygen atoms in total. The first-order chi connectivity index (χ1) is 6.26. The van der Waals surface area contributed by atoms with Crippen molar-refractivity contribution in [3.8, 4) is 0 Å². The molecule has 0 radical (unpaired) electrons. The van der Waals surface area contributed by atoms with Gasteiger partial charge in [-0.25, -0.2) is 4.79 Å². The van der Waals surface area contributed by atoms with Crippen molar-refractivity contribution in [1.29, 1.82) is 0 Å². The van der Waals surface area contributed by atoms with Gasteiger partial charge in [-0.05, 0) is 34.1 Å². The molecule has 0 saturated heterocycles. The topological polar surface area (TPSA) is 58.6 Å². The number of aliphatic hydroxyl groups excluding tert-OH is 1. The van der Waals surface area contributed by atoms with Gasteiger partial charge >= 0.3 is 6.09 Å². The van der Waals surface area contributed by atoms with Crippen LogP contribution in [0.1, 0.15) is 41.0 Å².